The minimum absolute atomic E-state index is 0.0752. The molecule has 1 aliphatic carbocycles. The molecule has 7 heteroatoms. The standard InChI is InChI=1S/C23H29N3O3S/c1-17-6-9-21(10-7-17)24-23(27)18(2)25-12-14-26(15-13-25)30(28,29)22-11-8-19-4-3-5-20(19)16-22/h6-11,16,18H,3-5,12-15H2,1-2H3,(H,24,27). The number of benzene rings is 2. The summed E-state index contributed by atoms with van der Waals surface area (Å²) in [7, 11) is -3.50. The Labute approximate surface area is 178 Å². The number of hydrogen-bond acceptors (Lipinski definition) is 4. The minimum atomic E-state index is -3.50. The summed E-state index contributed by atoms with van der Waals surface area (Å²) in [5.74, 6) is -0.0752. The van der Waals surface area contributed by atoms with Crippen molar-refractivity contribution in [1.29, 1.82) is 0 Å². The lowest BCUT2D eigenvalue weighted by Gasteiger charge is -2.36. The van der Waals surface area contributed by atoms with Crippen molar-refractivity contribution in [2.45, 2.75) is 44.0 Å². The molecule has 1 N–H and O–H groups in total. The molecule has 0 aromatic heterocycles. The van der Waals surface area contributed by atoms with Crippen LogP contribution in [0.15, 0.2) is 47.4 Å². The van der Waals surface area contributed by atoms with E-state index in [1.54, 1.807) is 10.4 Å². The van der Waals surface area contributed by atoms with Crippen LogP contribution in [-0.2, 0) is 27.7 Å². The van der Waals surface area contributed by atoms with Crippen molar-refractivity contribution in [2.75, 3.05) is 31.5 Å². The molecule has 1 amide bonds. The zero-order chi connectivity index (χ0) is 21.3. The van der Waals surface area contributed by atoms with Crippen LogP contribution in [0.1, 0.15) is 30.0 Å². The third kappa shape index (κ3) is 4.29. The number of hydrogen-bond donors (Lipinski definition) is 1. The van der Waals surface area contributed by atoms with Crippen LogP contribution >= 0.6 is 0 Å². The first-order valence-corrected chi connectivity index (χ1v) is 12.0. The summed E-state index contributed by atoms with van der Waals surface area (Å²) in [4.78, 5) is 15.1. The number of amides is 1. The molecule has 160 valence electrons. The number of aryl methyl sites for hydroxylation is 3. The average Bonchev–Trinajstić information content (AvgIpc) is 3.23. The fourth-order valence-electron chi connectivity index (χ4n) is 4.24. The highest BCUT2D eigenvalue weighted by Crippen LogP contribution is 2.27. The van der Waals surface area contributed by atoms with Gasteiger partial charge in [-0.05, 0) is 68.5 Å². The van der Waals surface area contributed by atoms with E-state index in [0.717, 1.165) is 36.1 Å². The summed E-state index contributed by atoms with van der Waals surface area (Å²) in [5, 5.41) is 2.94. The molecule has 1 atom stereocenters. The van der Waals surface area contributed by atoms with Crippen LogP contribution in [0.25, 0.3) is 0 Å². The monoisotopic (exact) mass is 427 g/mol. The zero-order valence-electron chi connectivity index (χ0n) is 17.6. The Morgan fingerprint density at radius 2 is 1.63 bits per heavy atom. The van der Waals surface area contributed by atoms with Crippen molar-refractivity contribution in [2.24, 2.45) is 0 Å². The van der Waals surface area contributed by atoms with Gasteiger partial charge in [-0.2, -0.15) is 4.31 Å². The predicted octanol–water partition coefficient (Wildman–Crippen LogP) is 2.82. The molecule has 1 heterocycles. The summed E-state index contributed by atoms with van der Waals surface area (Å²) in [6.07, 6.45) is 3.09. The fraction of sp³-hybridized carbons (Fsp3) is 0.435. The molecule has 1 unspecified atom stereocenters. The van der Waals surface area contributed by atoms with E-state index in [1.807, 2.05) is 55.1 Å². The molecule has 4 rings (SSSR count). The summed E-state index contributed by atoms with van der Waals surface area (Å²) in [6, 6.07) is 12.9. The van der Waals surface area contributed by atoms with Crippen molar-refractivity contribution < 1.29 is 13.2 Å². The molecule has 2 aromatic carbocycles. The summed E-state index contributed by atoms with van der Waals surface area (Å²) in [5.41, 5.74) is 4.35. The van der Waals surface area contributed by atoms with Crippen LogP contribution in [0.3, 0.4) is 0 Å². The van der Waals surface area contributed by atoms with E-state index in [2.05, 4.69) is 5.32 Å². The molecule has 1 saturated heterocycles. The summed E-state index contributed by atoms with van der Waals surface area (Å²) < 4.78 is 27.7. The number of carbonyl (C=O) groups is 1. The Kier molecular flexibility index (Phi) is 5.95. The van der Waals surface area contributed by atoms with Gasteiger partial charge in [0, 0.05) is 31.9 Å². The maximum absolute atomic E-state index is 13.1. The Morgan fingerprint density at radius 3 is 2.33 bits per heavy atom. The molecule has 2 aliphatic rings. The minimum Gasteiger partial charge on any atom is -0.325 e. The van der Waals surface area contributed by atoms with E-state index >= 15 is 0 Å². The Bertz CT molecular complexity index is 1030. The lowest BCUT2D eigenvalue weighted by atomic mass is 10.1. The van der Waals surface area contributed by atoms with Gasteiger partial charge in [-0.3, -0.25) is 9.69 Å². The number of nitrogens with zero attached hydrogens (tertiary/aromatic N) is 2. The zero-order valence-corrected chi connectivity index (χ0v) is 18.4. The van der Waals surface area contributed by atoms with E-state index in [4.69, 9.17) is 0 Å². The van der Waals surface area contributed by atoms with Gasteiger partial charge in [0.25, 0.3) is 0 Å². The van der Waals surface area contributed by atoms with Gasteiger partial charge in [-0.15, -0.1) is 0 Å². The quantitative estimate of drug-likeness (QED) is 0.797. The highest BCUT2D eigenvalue weighted by atomic mass is 32.2. The van der Waals surface area contributed by atoms with Gasteiger partial charge in [-0.25, -0.2) is 8.42 Å². The van der Waals surface area contributed by atoms with Gasteiger partial charge in [0.05, 0.1) is 10.9 Å². The number of carbonyl (C=O) groups excluding carboxylic acids is 1. The van der Waals surface area contributed by atoms with E-state index in [1.165, 1.54) is 5.56 Å². The largest absolute Gasteiger partial charge is 0.325 e. The van der Waals surface area contributed by atoms with E-state index in [-0.39, 0.29) is 11.9 Å². The molecule has 0 radical (unpaired) electrons. The summed E-state index contributed by atoms with van der Waals surface area (Å²) >= 11 is 0. The Hall–Kier alpha value is -2.22. The molecule has 0 spiro atoms. The number of piperazine rings is 1. The SMILES string of the molecule is Cc1ccc(NC(=O)C(C)N2CCN(S(=O)(=O)c3ccc4c(c3)CCC4)CC2)cc1. The molecular formula is C23H29N3O3S. The van der Waals surface area contributed by atoms with Crippen molar-refractivity contribution in [3.05, 3.63) is 59.2 Å². The molecule has 2 aromatic rings. The first-order valence-electron chi connectivity index (χ1n) is 10.6. The smallest absolute Gasteiger partial charge is 0.243 e. The van der Waals surface area contributed by atoms with Gasteiger partial charge in [0.2, 0.25) is 15.9 Å². The average molecular weight is 428 g/mol. The van der Waals surface area contributed by atoms with Gasteiger partial charge in [-0.1, -0.05) is 23.8 Å². The number of anilines is 1. The Balaban J connectivity index is 1.37. The van der Waals surface area contributed by atoms with E-state index < -0.39 is 10.0 Å². The van der Waals surface area contributed by atoms with Crippen molar-refractivity contribution in [1.82, 2.24) is 9.21 Å². The molecule has 30 heavy (non-hydrogen) atoms. The predicted molar refractivity (Wildman–Crippen MR) is 118 cm³/mol. The highest BCUT2D eigenvalue weighted by molar-refractivity contribution is 7.89. The number of rotatable bonds is 5. The van der Waals surface area contributed by atoms with Gasteiger partial charge in [0.15, 0.2) is 0 Å². The first kappa shape index (κ1) is 21.0. The molecule has 1 fully saturated rings. The van der Waals surface area contributed by atoms with Gasteiger partial charge >= 0.3 is 0 Å². The number of fused-ring (bicyclic) bond motifs is 1. The normalized spacial score (nSPS) is 18.7. The van der Waals surface area contributed by atoms with Crippen molar-refractivity contribution in [3.63, 3.8) is 0 Å². The van der Waals surface area contributed by atoms with Gasteiger partial charge in [0.1, 0.15) is 0 Å². The van der Waals surface area contributed by atoms with Crippen LogP contribution in [-0.4, -0.2) is 55.8 Å². The second-order valence-electron chi connectivity index (χ2n) is 8.26. The lowest BCUT2D eigenvalue weighted by molar-refractivity contribution is -0.121. The molecular weight excluding hydrogens is 398 g/mol. The number of nitrogens with one attached hydrogen (secondary N) is 1. The molecule has 0 bridgehead atoms. The maximum Gasteiger partial charge on any atom is 0.243 e. The van der Waals surface area contributed by atoms with E-state index in [9.17, 15) is 13.2 Å². The van der Waals surface area contributed by atoms with Gasteiger partial charge < -0.3 is 5.32 Å². The topological polar surface area (TPSA) is 69.7 Å². The fourth-order valence-corrected chi connectivity index (χ4v) is 5.71. The number of sulfonamides is 1. The molecule has 0 saturated carbocycles. The van der Waals surface area contributed by atoms with Crippen LogP contribution in [0.4, 0.5) is 5.69 Å². The van der Waals surface area contributed by atoms with Crippen LogP contribution in [0.2, 0.25) is 0 Å². The van der Waals surface area contributed by atoms with Crippen molar-refractivity contribution in [3.8, 4) is 0 Å². The van der Waals surface area contributed by atoms with Crippen LogP contribution in [0, 0.1) is 6.92 Å². The molecule has 1 aliphatic heterocycles. The van der Waals surface area contributed by atoms with E-state index in [0.29, 0.717) is 31.1 Å². The first-order chi connectivity index (χ1) is 14.3. The second-order valence-corrected chi connectivity index (χ2v) is 10.2. The third-order valence-corrected chi connectivity index (χ3v) is 8.12. The third-order valence-electron chi connectivity index (χ3n) is 6.23. The maximum atomic E-state index is 13.1. The second kappa shape index (κ2) is 8.49. The molecule has 6 nitrogen and oxygen atoms in total. The lowest BCUT2D eigenvalue weighted by Crippen LogP contribution is -2.53. The summed E-state index contributed by atoms with van der Waals surface area (Å²) in [6.45, 7) is 5.72. The van der Waals surface area contributed by atoms with Crippen LogP contribution in [0.5, 0.6) is 0 Å². The van der Waals surface area contributed by atoms with Crippen molar-refractivity contribution >= 4 is 21.6 Å². The highest BCUT2D eigenvalue weighted by Gasteiger charge is 2.32. The van der Waals surface area contributed by atoms with Crippen LogP contribution < -0.4 is 5.32 Å². The Morgan fingerprint density at radius 1 is 0.967 bits per heavy atom.